The number of hydrogen-bond acceptors (Lipinski definition) is 5. The van der Waals surface area contributed by atoms with Gasteiger partial charge in [0.15, 0.2) is 0 Å². The number of piperazine rings is 1. The molecule has 1 aromatic heterocycles. The van der Waals surface area contributed by atoms with Gasteiger partial charge in [0.2, 0.25) is 11.8 Å². The first-order chi connectivity index (χ1) is 18.9. The first kappa shape index (κ1) is 26.5. The topological polar surface area (TPSA) is 73.7 Å². The number of nitrogens with zero attached hydrogens (tertiary/aromatic N) is 5. The molecule has 0 aliphatic carbocycles. The fourth-order valence-electron chi connectivity index (χ4n) is 4.88. The summed E-state index contributed by atoms with van der Waals surface area (Å²) in [4.78, 5) is 35.8. The number of hydrogen-bond donors (Lipinski definition) is 1. The van der Waals surface area contributed by atoms with Crippen molar-refractivity contribution in [3.8, 4) is 5.69 Å². The van der Waals surface area contributed by atoms with Crippen molar-refractivity contribution in [2.45, 2.75) is 13.0 Å². The Morgan fingerprint density at radius 3 is 2.38 bits per heavy atom. The number of aromatic nitrogens is 2. The van der Waals surface area contributed by atoms with Crippen LogP contribution in [0.2, 0.25) is 0 Å². The monoisotopic (exact) mass is 528 g/mol. The third-order valence-corrected chi connectivity index (χ3v) is 7.37. The Morgan fingerprint density at radius 2 is 1.67 bits per heavy atom. The van der Waals surface area contributed by atoms with Crippen molar-refractivity contribution in [2.24, 2.45) is 0 Å². The highest BCUT2D eigenvalue weighted by Crippen LogP contribution is 2.23. The molecule has 0 bridgehead atoms. The van der Waals surface area contributed by atoms with E-state index in [4.69, 9.17) is 0 Å². The van der Waals surface area contributed by atoms with Crippen molar-refractivity contribution >= 4 is 28.5 Å². The summed E-state index contributed by atoms with van der Waals surface area (Å²) in [6.07, 6.45) is 1.84. The molecule has 1 aliphatic rings. The van der Waals surface area contributed by atoms with E-state index < -0.39 is 0 Å². The molecule has 3 aromatic carbocycles. The van der Waals surface area contributed by atoms with E-state index >= 15 is 0 Å². The number of carbonyl (C=O) groups excluding carboxylic acids is 2. The van der Waals surface area contributed by atoms with E-state index in [2.05, 4.69) is 57.0 Å². The lowest BCUT2D eigenvalue weighted by molar-refractivity contribution is -0.134. The molecule has 1 N–H and O–H groups in total. The number of benzene rings is 3. The van der Waals surface area contributed by atoms with Crippen LogP contribution in [0, 0.1) is 5.82 Å². The highest BCUT2D eigenvalue weighted by molar-refractivity contribution is 5.92. The molecule has 2 heterocycles. The van der Waals surface area contributed by atoms with E-state index in [0.29, 0.717) is 38.4 Å². The summed E-state index contributed by atoms with van der Waals surface area (Å²) in [7, 11) is 1.97. The van der Waals surface area contributed by atoms with Gasteiger partial charge in [-0.15, -0.1) is 0 Å². The molecular weight excluding hydrogens is 495 g/mol. The molecule has 39 heavy (non-hydrogen) atoms. The Labute approximate surface area is 227 Å². The molecule has 4 aromatic rings. The molecule has 9 heteroatoms. The number of nitrogens with one attached hydrogen (secondary N) is 1. The van der Waals surface area contributed by atoms with Crippen molar-refractivity contribution in [3.05, 3.63) is 90.5 Å². The number of para-hydroxylation sites is 2. The number of amides is 2. The first-order valence-electron chi connectivity index (χ1n) is 13.2. The normalized spacial score (nSPS) is 15.0. The van der Waals surface area contributed by atoms with Gasteiger partial charge < -0.3 is 10.2 Å². The summed E-state index contributed by atoms with van der Waals surface area (Å²) in [5.41, 5.74) is 4.77. The van der Waals surface area contributed by atoms with E-state index in [1.54, 1.807) is 0 Å². The van der Waals surface area contributed by atoms with Crippen LogP contribution in [0.1, 0.15) is 18.5 Å². The summed E-state index contributed by atoms with van der Waals surface area (Å²) in [6.45, 7) is 5.09. The number of carbonyl (C=O) groups is 2. The van der Waals surface area contributed by atoms with Crippen LogP contribution in [-0.2, 0) is 9.59 Å². The van der Waals surface area contributed by atoms with Gasteiger partial charge in [-0.3, -0.25) is 24.0 Å². The van der Waals surface area contributed by atoms with Crippen LogP contribution in [0.4, 0.5) is 10.1 Å². The van der Waals surface area contributed by atoms with E-state index in [1.807, 2.05) is 41.4 Å². The number of likely N-dealkylation sites (N-methyl/N-ethyl adjacent to an activating group) is 1. The Balaban J connectivity index is 1.09. The summed E-state index contributed by atoms with van der Waals surface area (Å²) >= 11 is 0. The maximum atomic E-state index is 13.1. The zero-order valence-electron chi connectivity index (χ0n) is 22.3. The number of halogens is 1. The molecule has 0 radical (unpaired) electrons. The lowest BCUT2D eigenvalue weighted by Gasteiger charge is -2.35. The minimum absolute atomic E-state index is 0.0685. The minimum atomic E-state index is -0.342. The standard InChI is InChI=1S/C30H33FN6O2/c1-22(23-7-13-26(14-8-23)37-21-32-27-5-3-4-6-28(27)37)34(2)20-30(39)36-17-15-35(16-18-36)19-29(38)33-25-11-9-24(31)10-12-25/h3-14,21-22H,15-20H2,1-2H3,(H,33,38). The second kappa shape index (κ2) is 11.8. The average Bonchev–Trinajstić information content (AvgIpc) is 3.38. The van der Waals surface area contributed by atoms with Crippen molar-refractivity contribution < 1.29 is 14.0 Å². The van der Waals surface area contributed by atoms with Crippen LogP contribution >= 0.6 is 0 Å². The van der Waals surface area contributed by atoms with Gasteiger partial charge in [-0.05, 0) is 68.1 Å². The predicted octanol–water partition coefficient (Wildman–Crippen LogP) is 3.94. The Morgan fingerprint density at radius 1 is 0.974 bits per heavy atom. The molecule has 0 saturated carbocycles. The van der Waals surface area contributed by atoms with Crippen LogP contribution in [-0.4, -0.2) is 82.4 Å². The molecule has 1 saturated heterocycles. The smallest absolute Gasteiger partial charge is 0.238 e. The molecule has 0 spiro atoms. The lowest BCUT2D eigenvalue weighted by Crippen LogP contribution is -2.52. The Bertz CT molecular complexity index is 1430. The van der Waals surface area contributed by atoms with Gasteiger partial charge in [-0.2, -0.15) is 0 Å². The molecule has 1 fully saturated rings. The van der Waals surface area contributed by atoms with Gasteiger partial charge in [-0.25, -0.2) is 9.37 Å². The summed E-state index contributed by atoms with van der Waals surface area (Å²) < 4.78 is 15.1. The summed E-state index contributed by atoms with van der Waals surface area (Å²) in [5.74, 6) is -0.408. The lowest BCUT2D eigenvalue weighted by atomic mass is 10.1. The quantitative estimate of drug-likeness (QED) is 0.375. The van der Waals surface area contributed by atoms with Crippen LogP contribution in [0.25, 0.3) is 16.7 Å². The van der Waals surface area contributed by atoms with Gasteiger partial charge in [0.1, 0.15) is 12.1 Å². The van der Waals surface area contributed by atoms with Gasteiger partial charge >= 0.3 is 0 Å². The van der Waals surface area contributed by atoms with E-state index in [1.165, 1.54) is 24.3 Å². The summed E-state index contributed by atoms with van der Waals surface area (Å²) in [5, 5.41) is 2.78. The molecular formula is C30H33FN6O2. The van der Waals surface area contributed by atoms with Gasteiger partial charge in [-0.1, -0.05) is 24.3 Å². The second-order valence-corrected chi connectivity index (χ2v) is 10.00. The molecule has 8 nitrogen and oxygen atoms in total. The van der Waals surface area contributed by atoms with Crippen LogP contribution in [0.15, 0.2) is 79.1 Å². The van der Waals surface area contributed by atoms with Crippen molar-refractivity contribution in [1.82, 2.24) is 24.3 Å². The predicted molar refractivity (Wildman–Crippen MR) is 150 cm³/mol. The Kier molecular flexibility index (Phi) is 7.99. The van der Waals surface area contributed by atoms with Crippen molar-refractivity contribution in [3.63, 3.8) is 0 Å². The highest BCUT2D eigenvalue weighted by Gasteiger charge is 2.24. The SMILES string of the molecule is CC(c1ccc(-n2cnc3ccccc32)cc1)N(C)CC(=O)N1CCN(CC(=O)Nc2ccc(F)cc2)CC1. The number of imidazole rings is 1. The van der Waals surface area contributed by atoms with Crippen LogP contribution in [0.3, 0.4) is 0 Å². The third kappa shape index (κ3) is 6.32. The van der Waals surface area contributed by atoms with Crippen LogP contribution < -0.4 is 5.32 Å². The maximum Gasteiger partial charge on any atom is 0.238 e. The molecule has 1 aliphatic heterocycles. The number of rotatable bonds is 8. The molecule has 1 atom stereocenters. The Hall–Kier alpha value is -4.08. The zero-order chi connectivity index (χ0) is 27.4. The van der Waals surface area contributed by atoms with Gasteiger partial charge in [0.05, 0.1) is 24.1 Å². The highest BCUT2D eigenvalue weighted by atomic mass is 19.1. The van der Waals surface area contributed by atoms with E-state index in [-0.39, 0.29) is 30.2 Å². The molecule has 1 unspecified atom stereocenters. The fourth-order valence-corrected chi connectivity index (χ4v) is 4.88. The third-order valence-electron chi connectivity index (χ3n) is 7.37. The maximum absolute atomic E-state index is 13.1. The zero-order valence-corrected chi connectivity index (χ0v) is 22.3. The van der Waals surface area contributed by atoms with E-state index in [9.17, 15) is 14.0 Å². The van der Waals surface area contributed by atoms with Gasteiger partial charge in [0.25, 0.3) is 0 Å². The van der Waals surface area contributed by atoms with Crippen LogP contribution in [0.5, 0.6) is 0 Å². The number of anilines is 1. The minimum Gasteiger partial charge on any atom is -0.339 e. The van der Waals surface area contributed by atoms with Crippen molar-refractivity contribution in [2.75, 3.05) is 51.6 Å². The molecule has 2 amide bonds. The first-order valence-corrected chi connectivity index (χ1v) is 13.2. The molecule has 202 valence electrons. The largest absolute Gasteiger partial charge is 0.339 e. The number of fused-ring (bicyclic) bond motifs is 1. The average molecular weight is 529 g/mol. The molecule has 5 rings (SSSR count). The van der Waals surface area contributed by atoms with Crippen molar-refractivity contribution in [1.29, 1.82) is 0 Å². The van der Waals surface area contributed by atoms with Gasteiger partial charge in [0, 0.05) is 43.6 Å². The van der Waals surface area contributed by atoms with E-state index in [0.717, 1.165) is 22.3 Å². The second-order valence-electron chi connectivity index (χ2n) is 10.00. The summed E-state index contributed by atoms with van der Waals surface area (Å²) in [6, 6.07) is 22.2. The fraction of sp³-hybridized carbons (Fsp3) is 0.300.